The van der Waals surface area contributed by atoms with Crippen LogP contribution in [0.2, 0.25) is 0 Å². The predicted molar refractivity (Wildman–Crippen MR) is 83.5 cm³/mol. The molecule has 1 unspecified atom stereocenters. The molecule has 0 aromatic carbocycles. The zero-order chi connectivity index (χ0) is 16.9. The number of rotatable bonds is 3. The Morgan fingerprint density at radius 3 is 2.36 bits per heavy atom. The number of hydrogen-bond acceptors (Lipinski definition) is 5. The Hall–Kier alpha value is -1.50. The first-order valence-electron chi connectivity index (χ1n) is 7.75. The lowest BCUT2D eigenvalue weighted by atomic mass is 10.2. The zero-order valence-corrected chi connectivity index (χ0v) is 14.3. The average molecular weight is 315 g/mol. The van der Waals surface area contributed by atoms with E-state index in [-0.39, 0.29) is 30.7 Å². The van der Waals surface area contributed by atoms with Gasteiger partial charge in [0, 0.05) is 26.2 Å². The zero-order valence-electron chi connectivity index (χ0n) is 14.3. The second-order valence-electron chi connectivity index (χ2n) is 6.98. The molecular weight excluding hydrogens is 286 g/mol. The number of carbonyl (C=O) groups excluding carboxylic acids is 2. The molecule has 1 saturated heterocycles. The topological polar surface area (TPSA) is 85.1 Å². The van der Waals surface area contributed by atoms with Crippen LogP contribution in [0.5, 0.6) is 0 Å². The Balaban J connectivity index is 2.60. The maximum atomic E-state index is 12.1. The standard InChI is InChI=1S/C15H29N3O4/c1-11(2)10-21-14(20)18-7-6-17(9-12(18)8-16)13(19)22-15(3,4)5/h11-12H,6-10,16H2,1-5H3. The quantitative estimate of drug-likeness (QED) is 0.856. The normalized spacial score (nSPS) is 19.3. The first-order chi connectivity index (χ1) is 10.1. The molecule has 22 heavy (non-hydrogen) atoms. The van der Waals surface area contributed by atoms with E-state index in [0.717, 1.165) is 0 Å². The lowest BCUT2D eigenvalue weighted by molar-refractivity contribution is 0.00207. The Morgan fingerprint density at radius 2 is 1.86 bits per heavy atom. The molecule has 1 fully saturated rings. The Labute approximate surface area is 132 Å². The number of nitrogens with zero attached hydrogens (tertiary/aromatic N) is 2. The molecule has 1 heterocycles. The van der Waals surface area contributed by atoms with Crippen molar-refractivity contribution in [1.82, 2.24) is 9.80 Å². The smallest absolute Gasteiger partial charge is 0.410 e. The molecule has 1 atom stereocenters. The van der Waals surface area contributed by atoms with E-state index in [9.17, 15) is 9.59 Å². The highest BCUT2D eigenvalue weighted by Crippen LogP contribution is 2.15. The third-order valence-electron chi connectivity index (χ3n) is 3.18. The van der Waals surface area contributed by atoms with Crippen molar-refractivity contribution in [2.24, 2.45) is 11.7 Å². The van der Waals surface area contributed by atoms with E-state index in [1.807, 2.05) is 34.6 Å². The van der Waals surface area contributed by atoms with Crippen molar-refractivity contribution in [2.45, 2.75) is 46.3 Å². The van der Waals surface area contributed by atoms with Gasteiger partial charge in [-0.25, -0.2) is 9.59 Å². The largest absolute Gasteiger partial charge is 0.449 e. The van der Waals surface area contributed by atoms with Crippen LogP contribution in [0.1, 0.15) is 34.6 Å². The third-order valence-corrected chi connectivity index (χ3v) is 3.18. The summed E-state index contributed by atoms with van der Waals surface area (Å²) in [4.78, 5) is 27.4. The van der Waals surface area contributed by atoms with Crippen molar-refractivity contribution < 1.29 is 19.1 Å². The summed E-state index contributed by atoms with van der Waals surface area (Å²) < 4.78 is 10.6. The summed E-state index contributed by atoms with van der Waals surface area (Å²) in [6, 6.07) is -0.249. The number of piperazine rings is 1. The van der Waals surface area contributed by atoms with Crippen LogP contribution in [0.4, 0.5) is 9.59 Å². The fraction of sp³-hybridized carbons (Fsp3) is 0.867. The van der Waals surface area contributed by atoms with Crippen molar-refractivity contribution in [2.75, 3.05) is 32.8 Å². The van der Waals surface area contributed by atoms with Crippen LogP contribution in [0.25, 0.3) is 0 Å². The van der Waals surface area contributed by atoms with Crippen LogP contribution in [-0.4, -0.2) is 66.4 Å². The van der Waals surface area contributed by atoms with Gasteiger partial charge in [0.1, 0.15) is 5.60 Å². The molecular formula is C15H29N3O4. The maximum Gasteiger partial charge on any atom is 0.410 e. The summed E-state index contributed by atoms with van der Waals surface area (Å²) in [5, 5.41) is 0. The highest BCUT2D eigenvalue weighted by Gasteiger charge is 2.34. The summed E-state index contributed by atoms with van der Waals surface area (Å²) >= 11 is 0. The van der Waals surface area contributed by atoms with Crippen LogP contribution in [0.3, 0.4) is 0 Å². The van der Waals surface area contributed by atoms with Crippen molar-refractivity contribution in [3.05, 3.63) is 0 Å². The molecule has 7 heteroatoms. The van der Waals surface area contributed by atoms with Crippen LogP contribution < -0.4 is 5.73 Å². The first kappa shape index (κ1) is 18.5. The van der Waals surface area contributed by atoms with E-state index in [1.165, 1.54) is 0 Å². The van der Waals surface area contributed by atoms with Gasteiger partial charge in [-0.05, 0) is 26.7 Å². The minimum absolute atomic E-state index is 0.249. The summed E-state index contributed by atoms with van der Waals surface area (Å²) in [7, 11) is 0. The number of hydrogen-bond donors (Lipinski definition) is 1. The number of ether oxygens (including phenoxy) is 2. The van der Waals surface area contributed by atoms with Gasteiger partial charge in [-0.2, -0.15) is 0 Å². The summed E-state index contributed by atoms with van der Waals surface area (Å²) in [5.74, 6) is 0.281. The molecule has 128 valence electrons. The summed E-state index contributed by atoms with van der Waals surface area (Å²) in [6.07, 6.45) is -0.742. The van der Waals surface area contributed by atoms with Gasteiger partial charge in [-0.15, -0.1) is 0 Å². The van der Waals surface area contributed by atoms with Gasteiger partial charge in [0.15, 0.2) is 0 Å². The third kappa shape index (κ3) is 5.71. The molecule has 0 aromatic rings. The summed E-state index contributed by atoms with van der Waals surface area (Å²) in [5.41, 5.74) is 5.21. The van der Waals surface area contributed by atoms with Gasteiger partial charge in [0.25, 0.3) is 0 Å². The van der Waals surface area contributed by atoms with E-state index in [0.29, 0.717) is 26.2 Å². The molecule has 1 rings (SSSR count). The molecule has 2 amide bonds. The van der Waals surface area contributed by atoms with Crippen molar-refractivity contribution in [3.8, 4) is 0 Å². The van der Waals surface area contributed by atoms with Gasteiger partial charge in [-0.3, -0.25) is 0 Å². The minimum atomic E-state index is -0.539. The molecule has 0 aromatic heterocycles. The number of carbonyl (C=O) groups is 2. The van der Waals surface area contributed by atoms with E-state index in [1.54, 1.807) is 9.80 Å². The lowest BCUT2D eigenvalue weighted by Crippen LogP contribution is -2.59. The van der Waals surface area contributed by atoms with Gasteiger partial charge in [-0.1, -0.05) is 13.8 Å². The van der Waals surface area contributed by atoms with Crippen LogP contribution in [-0.2, 0) is 9.47 Å². The molecule has 2 N–H and O–H groups in total. The highest BCUT2D eigenvalue weighted by molar-refractivity contribution is 5.71. The van der Waals surface area contributed by atoms with Crippen LogP contribution in [0.15, 0.2) is 0 Å². The molecule has 0 radical (unpaired) electrons. The predicted octanol–water partition coefficient (Wildman–Crippen LogP) is 1.66. The van der Waals surface area contributed by atoms with Crippen LogP contribution in [0, 0.1) is 5.92 Å². The van der Waals surface area contributed by atoms with Crippen molar-refractivity contribution >= 4 is 12.2 Å². The van der Waals surface area contributed by atoms with Crippen molar-refractivity contribution in [3.63, 3.8) is 0 Å². The number of nitrogens with two attached hydrogens (primary N) is 1. The Bertz CT molecular complexity index is 393. The second-order valence-corrected chi connectivity index (χ2v) is 6.98. The van der Waals surface area contributed by atoms with Gasteiger partial charge in [0.05, 0.1) is 12.6 Å². The van der Waals surface area contributed by atoms with Gasteiger partial charge in [0.2, 0.25) is 0 Å². The Kier molecular flexibility index (Phi) is 6.47. The Morgan fingerprint density at radius 1 is 1.23 bits per heavy atom. The van der Waals surface area contributed by atoms with E-state index >= 15 is 0 Å². The minimum Gasteiger partial charge on any atom is -0.449 e. The second kappa shape index (κ2) is 7.67. The fourth-order valence-corrected chi connectivity index (χ4v) is 2.11. The summed E-state index contributed by atoms with van der Waals surface area (Å²) in [6.45, 7) is 11.3. The molecule has 1 aliphatic rings. The highest BCUT2D eigenvalue weighted by atomic mass is 16.6. The lowest BCUT2D eigenvalue weighted by Gasteiger charge is -2.40. The SMILES string of the molecule is CC(C)COC(=O)N1CCN(C(=O)OC(C)(C)C)CC1CN. The molecule has 1 aliphatic heterocycles. The maximum absolute atomic E-state index is 12.1. The number of amides is 2. The molecule has 0 aliphatic carbocycles. The van der Waals surface area contributed by atoms with Gasteiger partial charge < -0.3 is 25.0 Å². The first-order valence-corrected chi connectivity index (χ1v) is 7.75. The molecule has 0 spiro atoms. The molecule has 0 saturated carbocycles. The molecule has 7 nitrogen and oxygen atoms in total. The van der Waals surface area contributed by atoms with E-state index in [4.69, 9.17) is 15.2 Å². The van der Waals surface area contributed by atoms with E-state index in [2.05, 4.69) is 0 Å². The fourth-order valence-electron chi connectivity index (χ4n) is 2.11. The monoisotopic (exact) mass is 315 g/mol. The molecule has 0 bridgehead atoms. The van der Waals surface area contributed by atoms with Crippen LogP contribution >= 0.6 is 0 Å². The average Bonchev–Trinajstić information content (AvgIpc) is 2.42. The van der Waals surface area contributed by atoms with Gasteiger partial charge >= 0.3 is 12.2 Å². The van der Waals surface area contributed by atoms with E-state index < -0.39 is 5.60 Å². The van der Waals surface area contributed by atoms with Crippen molar-refractivity contribution in [1.29, 1.82) is 0 Å².